The predicted octanol–water partition coefficient (Wildman–Crippen LogP) is 1.77. The maximum atomic E-state index is 12.9. The molecular formula is C20H25N3O4S. The van der Waals surface area contributed by atoms with E-state index in [2.05, 4.69) is 10.6 Å². The number of sulfonamides is 1. The van der Waals surface area contributed by atoms with Crippen LogP contribution >= 0.6 is 0 Å². The molecule has 8 heteroatoms. The fraction of sp³-hybridized carbons (Fsp3) is 0.300. The Balaban J connectivity index is 2.46. The smallest absolute Gasteiger partial charge is 0.252 e. The molecule has 2 N–H and O–H groups in total. The van der Waals surface area contributed by atoms with Gasteiger partial charge in [-0.25, -0.2) is 12.7 Å². The van der Waals surface area contributed by atoms with Crippen molar-refractivity contribution in [2.24, 2.45) is 0 Å². The van der Waals surface area contributed by atoms with Gasteiger partial charge in [0, 0.05) is 26.7 Å². The Morgan fingerprint density at radius 2 is 1.64 bits per heavy atom. The number of nitrogens with one attached hydrogen (secondary N) is 2. The number of likely N-dealkylation sites (N-methyl/N-ethyl adjacent to an activating group) is 1. The fourth-order valence-electron chi connectivity index (χ4n) is 2.73. The number of amides is 2. The Morgan fingerprint density at radius 1 is 1.04 bits per heavy atom. The van der Waals surface area contributed by atoms with Gasteiger partial charge in [-0.3, -0.25) is 9.59 Å². The van der Waals surface area contributed by atoms with Crippen molar-refractivity contribution >= 4 is 21.8 Å². The largest absolute Gasteiger partial charge is 0.357 e. The topological polar surface area (TPSA) is 95.6 Å². The van der Waals surface area contributed by atoms with Crippen LogP contribution in [0.3, 0.4) is 0 Å². The summed E-state index contributed by atoms with van der Waals surface area (Å²) in [5.74, 6) is -0.903. The molecule has 0 heterocycles. The Kier molecular flexibility index (Phi) is 6.58. The van der Waals surface area contributed by atoms with Crippen molar-refractivity contribution in [3.8, 4) is 0 Å². The Morgan fingerprint density at radius 3 is 2.18 bits per heavy atom. The van der Waals surface area contributed by atoms with E-state index >= 15 is 0 Å². The van der Waals surface area contributed by atoms with E-state index in [-0.39, 0.29) is 16.4 Å². The van der Waals surface area contributed by atoms with Gasteiger partial charge in [0.15, 0.2) is 0 Å². The van der Waals surface area contributed by atoms with Crippen LogP contribution in [0.4, 0.5) is 0 Å². The van der Waals surface area contributed by atoms with Crippen molar-refractivity contribution in [2.45, 2.75) is 24.8 Å². The van der Waals surface area contributed by atoms with E-state index in [9.17, 15) is 18.0 Å². The zero-order valence-corrected chi connectivity index (χ0v) is 17.4. The molecule has 0 aromatic heterocycles. The molecule has 0 aliphatic rings. The Bertz CT molecular complexity index is 986. The monoisotopic (exact) mass is 403 g/mol. The first kappa shape index (κ1) is 21.6. The molecule has 0 saturated heterocycles. The van der Waals surface area contributed by atoms with Crippen molar-refractivity contribution in [2.75, 3.05) is 21.1 Å². The molecular weight excluding hydrogens is 378 g/mol. The number of carbonyl (C=O) groups is 2. The normalized spacial score (nSPS) is 12.5. The molecule has 0 saturated carbocycles. The summed E-state index contributed by atoms with van der Waals surface area (Å²) < 4.78 is 26.3. The number of hydrogen-bond acceptors (Lipinski definition) is 4. The van der Waals surface area contributed by atoms with Gasteiger partial charge in [-0.05, 0) is 42.7 Å². The van der Waals surface area contributed by atoms with Crippen LogP contribution in [0, 0.1) is 13.8 Å². The molecule has 28 heavy (non-hydrogen) atoms. The van der Waals surface area contributed by atoms with E-state index in [0.717, 1.165) is 4.31 Å². The molecule has 1 unspecified atom stereocenters. The first-order valence-electron chi connectivity index (χ1n) is 8.70. The van der Waals surface area contributed by atoms with E-state index in [1.54, 1.807) is 44.2 Å². The van der Waals surface area contributed by atoms with E-state index in [4.69, 9.17) is 0 Å². The summed E-state index contributed by atoms with van der Waals surface area (Å²) in [5.41, 5.74) is 2.05. The zero-order chi connectivity index (χ0) is 21.1. The van der Waals surface area contributed by atoms with Gasteiger partial charge in [0.2, 0.25) is 15.9 Å². The molecule has 2 aromatic rings. The minimum atomic E-state index is -3.71. The van der Waals surface area contributed by atoms with Crippen LogP contribution in [-0.4, -0.2) is 45.7 Å². The molecule has 150 valence electrons. The standard InChI is InChI=1S/C20H25N3O4S/c1-13-11-16(12-17(14(13)2)28(26,27)23(4)5)19(24)22-18(20(25)21-3)15-9-7-6-8-10-15/h6-12,18H,1-5H3,(H,21,25)(H,22,24). The second-order valence-electron chi connectivity index (χ2n) is 6.64. The predicted molar refractivity (Wildman–Crippen MR) is 108 cm³/mol. The number of rotatable bonds is 6. The average molecular weight is 404 g/mol. The summed E-state index contributed by atoms with van der Waals surface area (Å²) in [6.45, 7) is 3.44. The number of benzene rings is 2. The molecule has 0 radical (unpaired) electrons. The molecule has 7 nitrogen and oxygen atoms in total. The molecule has 2 amide bonds. The molecule has 2 aromatic carbocycles. The van der Waals surface area contributed by atoms with E-state index in [1.165, 1.54) is 27.2 Å². The van der Waals surface area contributed by atoms with Crippen molar-refractivity contribution in [1.29, 1.82) is 0 Å². The van der Waals surface area contributed by atoms with Gasteiger partial charge in [0.25, 0.3) is 5.91 Å². The zero-order valence-electron chi connectivity index (χ0n) is 16.6. The fourth-order valence-corrected chi connectivity index (χ4v) is 3.94. The molecule has 2 rings (SSSR count). The first-order valence-corrected chi connectivity index (χ1v) is 10.1. The second kappa shape index (κ2) is 8.53. The summed E-state index contributed by atoms with van der Waals surface area (Å²) in [7, 11) is 0.651. The number of nitrogens with zero attached hydrogens (tertiary/aromatic N) is 1. The Hall–Kier alpha value is -2.71. The molecule has 0 aliphatic heterocycles. The lowest BCUT2D eigenvalue weighted by Gasteiger charge is -2.19. The van der Waals surface area contributed by atoms with Crippen LogP contribution in [-0.2, 0) is 14.8 Å². The summed E-state index contributed by atoms with van der Waals surface area (Å²) in [4.78, 5) is 25.2. The number of carbonyl (C=O) groups excluding carboxylic acids is 2. The lowest BCUT2D eigenvalue weighted by Crippen LogP contribution is -2.39. The Labute approximate surface area is 165 Å². The molecule has 0 aliphatic carbocycles. The third kappa shape index (κ3) is 4.40. The van der Waals surface area contributed by atoms with Gasteiger partial charge in [0.05, 0.1) is 4.90 Å². The van der Waals surface area contributed by atoms with Crippen molar-refractivity contribution in [1.82, 2.24) is 14.9 Å². The summed E-state index contributed by atoms with van der Waals surface area (Å²) in [6, 6.07) is 10.9. The van der Waals surface area contributed by atoms with Crippen LogP contribution in [0.2, 0.25) is 0 Å². The quantitative estimate of drug-likeness (QED) is 0.768. The molecule has 0 bridgehead atoms. The molecule has 0 spiro atoms. The highest BCUT2D eigenvalue weighted by Gasteiger charge is 2.26. The van der Waals surface area contributed by atoms with Crippen LogP contribution in [0.25, 0.3) is 0 Å². The van der Waals surface area contributed by atoms with Gasteiger partial charge in [-0.2, -0.15) is 0 Å². The van der Waals surface area contributed by atoms with Crippen molar-refractivity contribution < 1.29 is 18.0 Å². The lowest BCUT2D eigenvalue weighted by molar-refractivity contribution is -0.122. The van der Waals surface area contributed by atoms with E-state index in [0.29, 0.717) is 16.7 Å². The summed E-state index contributed by atoms with van der Waals surface area (Å²) in [5, 5.41) is 5.23. The number of hydrogen-bond donors (Lipinski definition) is 2. The summed E-state index contributed by atoms with van der Waals surface area (Å²) in [6.07, 6.45) is 0. The lowest BCUT2D eigenvalue weighted by atomic mass is 10.0. The first-order chi connectivity index (χ1) is 13.1. The van der Waals surface area contributed by atoms with Gasteiger partial charge < -0.3 is 10.6 Å². The minimum Gasteiger partial charge on any atom is -0.357 e. The van der Waals surface area contributed by atoms with Gasteiger partial charge >= 0.3 is 0 Å². The van der Waals surface area contributed by atoms with Gasteiger partial charge in [0.1, 0.15) is 6.04 Å². The van der Waals surface area contributed by atoms with Crippen LogP contribution in [0.5, 0.6) is 0 Å². The third-order valence-electron chi connectivity index (χ3n) is 4.56. The highest BCUT2D eigenvalue weighted by Crippen LogP contribution is 2.24. The second-order valence-corrected chi connectivity index (χ2v) is 8.76. The highest BCUT2D eigenvalue weighted by molar-refractivity contribution is 7.89. The molecule has 1 atom stereocenters. The SMILES string of the molecule is CNC(=O)C(NC(=O)c1cc(C)c(C)c(S(=O)(=O)N(C)C)c1)c1ccccc1. The van der Waals surface area contributed by atoms with Gasteiger partial charge in [-0.1, -0.05) is 30.3 Å². The maximum Gasteiger partial charge on any atom is 0.252 e. The van der Waals surface area contributed by atoms with Crippen molar-refractivity contribution in [3.63, 3.8) is 0 Å². The third-order valence-corrected chi connectivity index (χ3v) is 6.50. The van der Waals surface area contributed by atoms with Crippen LogP contribution < -0.4 is 10.6 Å². The number of aryl methyl sites for hydroxylation is 1. The highest BCUT2D eigenvalue weighted by atomic mass is 32.2. The summed E-state index contributed by atoms with van der Waals surface area (Å²) >= 11 is 0. The van der Waals surface area contributed by atoms with Gasteiger partial charge in [-0.15, -0.1) is 0 Å². The molecule has 0 fully saturated rings. The maximum absolute atomic E-state index is 12.9. The average Bonchev–Trinajstić information content (AvgIpc) is 2.67. The van der Waals surface area contributed by atoms with Crippen LogP contribution in [0.1, 0.15) is 33.1 Å². The minimum absolute atomic E-state index is 0.0684. The van der Waals surface area contributed by atoms with E-state index < -0.39 is 22.0 Å². The van der Waals surface area contributed by atoms with Crippen molar-refractivity contribution in [3.05, 3.63) is 64.7 Å². The van der Waals surface area contributed by atoms with E-state index in [1.807, 2.05) is 6.07 Å². The van der Waals surface area contributed by atoms with Crippen LogP contribution in [0.15, 0.2) is 47.4 Å².